The molecule has 0 aromatic rings. The number of fused-ring (bicyclic) bond motifs is 4. The number of rotatable bonds is 0. The van der Waals surface area contributed by atoms with E-state index in [-0.39, 0.29) is 28.6 Å². The van der Waals surface area contributed by atoms with Crippen molar-refractivity contribution in [2.75, 3.05) is 0 Å². The Balaban J connectivity index is 1.53. The van der Waals surface area contributed by atoms with Gasteiger partial charge in [0.1, 0.15) is 11.7 Å². The van der Waals surface area contributed by atoms with Crippen molar-refractivity contribution in [1.29, 1.82) is 0 Å². The second-order valence-corrected chi connectivity index (χ2v) is 9.00. The summed E-state index contributed by atoms with van der Waals surface area (Å²) in [6, 6.07) is 0. The minimum Gasteiger partial charge on any atom is -0.393 e. The Bertz CT molecular complexity index is 531. The Kier molecular flexibility index (Phi) is 2.22. The summed E-state index contributed by atoms with van der Waals surface area (Å²) in [6.07, 6.45) is 7.31. The van der Waals surface area contributed by atoms with Crippen LogP contribution in [0, 0.1) is 28.6 Å². The molecule has 1 heterocycles. The number of hydrogen-bond donors (Lipinski definition) is 1. The third-order valence-electron chi connectivity index (χ3n) is 8.55. The van der Waals surface area contributed by atoms with E-state index in [1.165, 1.54) is 19.3 Å². The van der Waals surface area contributed by atoms with Gasteiger partial charge >= 0.3 is 0 Å². The number of Topliss-reactive ketones (excluding diaryl/α,β-unsaturated/α-hetero) is 1. The molecule has 0 radical (unpaired) electrons. The lowest BCUT2D eigenvalue weighted by molar-refractivity contribution is -0.134. The first-order valence-corrected chi connectivity index (χ1v) is 8.81. The van der Waals surface area contributed by atoms with Crippen molar-refractivity contribution < 1.29 is 14.6 Å². The monoisotopic (exact) mass is 290 g/mol. The topological polar surface area (TPSA) is 49.8 Å². The van der Waals surface area contributed by atoms with Crippen LogP contribution < -0.4 is 0 Å². The molecule has 116 valence electrons. The number of carbonyl (C=O) groups is 1. The molecule has 1 aliphatic heterocycles. The first-order valence-electron chi connectivity index (χ1n) is 8.81. The molecule has 0 unspecified atom stereocenters. The molecule has 21 heavy (non-hydrogen) atoms. The van der Waals surface area contributed by atoms with Crippen LogP contribution in [0.1, 0.15) is 58.8 Å². The fourth-order valence-electron chi connectivity index (χ4n) is 7.30. The van der Waals surface area contributed by atoms with Gasteiger partial charge in [-0.05, 0) is 61.7 Å². The summed E-state index contributed by atoms with van der Waals surface area (Å²) < 4.78 is 5.97. The van der Waals surface area contributed by atoms with Crippen LogP contribution in [0.2, 0.25) is 0 Å². The van der Waals surface area contributed by atoms with E-state index in [2.05, 4.69) is 13.8 Å². The highest BCUT2D eigenvalue weighted by Gasteiger charge is 2.79. The van der Waals surface area contributed by atoms with E-state index in [1.807, 2.05) is 0 Å². The molecule has 4 saturated carbocycles. The molecule has 1 saturated heterocycles. The molecule has 3 heteroatoms. The second kappa shape index (κ2) is 3.56. The Morgan fingerprint density at radius 1 is 1.10 bits per heavy atom. The zero-order valence-corrected chi connectivity index (χ0v) is 13.1. The maximum absolute atomic E-state index is 12.2. The van der Waals surface area contributed by atoms with Crippen molar-refractivity contribution in [3.63, 3.8) is 0 Å². The van der Waals surface area contributed by atoms with Crippen LogP contribution in [0.5, 0.6) is 0 Å². The summed E-state index contributed by atoms with van der Waals surface area (Å²) in [5, 5.41) is 10.4. The highest BCUT2D eigenvalue weighted by atomic mass is 16.6. The first-order chi connectivity index (χ1) is 9.92. The number of epoxide rings is 1. The SMILES string of the molecule is C[C@]12CC[C@H]3[C@@H](CC[C@@]45O[C@@H]4C(=O)C[C@]35C)[C@@H]1CC[C@@H]2O. The van der Waals surface area contributed by atoms with E-state index >= 15 is 0 Å². The van der Waals surface area contributed by atoms with Gasteiger partial charge in [-0.25, -0.2) is 0 Å². The van der Waals surface area contributed by atoms with Crippen LogP contribution in [-0.2, 0) is 9.53 Å². The summed E-state index contributed by atoms with van der Waals surface area (Å²) in [6.45, 7) is 4.65. The summed E-state index contributed by atoms with van der Waals surface area (Å²) in [5.74, 6) is 2.35. The predicted octanol–water partition coefficient (Wildman–Crippen LogP) is 2.70. The van der Waals surface area contributed by atoms with Gasteiger partial charge < -0.3 is 9.84 Å². The van der Waals surface area contributed by atoms with Crippen LogP contribution >= 0.6 is 0 Å². The lowest BCUT2D eigenvalue weighted by Gasteiger charge is -2.57. The lowest BCUT2D eigenvalue weighted by Crippen LogP contribution is -2.54. The number of carbonyl (C=O) groups excluding carboxylic acids is 1. The van der Waals surface area contributed by atoms with Crippen molar-refractivity contribution in [3.8, 4) is 0 Å². The number of ketones is 1. The van der Waals surface area contributed by atoms with Gasteiger partial charge in [-0.3, -0.25) is 4.79 Å². The fourth-order valence-corrected chi connectivity index (χ4v) is 7.30. The van der Waals surface area contributed by atoms with Crippen LogP contribution in [-0.4, -0.2) is 28.7 Å². The van der Waals surface area contributed by atoms with Crippen molar-refractivity contribution in [2.24, 2.45) is 28.6 Å². The van der Waals surface area contributed by atoms with Gasteiger partial charge in [-0.2, -0.15) is 0 Å². The van der Waals surface area contributed by atoms with Crippen LogP contribution in [0.25, 0.3) is 0 Å². The number of aliphatic hydroxyl groups is 1. The number of hydrogen-bond acceptors (Lipinski definition) is 3. The van der Waals surface area contributed by atoms with Crippen LogP contribution in [0.15, 0.2) is 0 Å². The van der Waals surface area contributed by atoms with Gasteiger partial charge in [-0.15, -0.1) is 0 Å². The third-order valence-corrected chi connectivity index (χ3v) is 8.55. The van der Waals surface area contributed by atoms with Gasteiger partial charge in [-0.1, -0.05) is 13.8 Å². The average molecular weight is 290 g/mol. The molecule has 5 fully saturated rings. The highest BCUT2D eigenvalue weighted by Crippen LogP contribution is 2.73. The van der Waals surface area contributed by atoms with Crippen LogP contribution in [0.4, 0.5) is 0 Å². The lowest BCUT2D eigenvalue weighted by atomic mass is 9.48. The van der Waals surface area contributed by atoms with E-state index in [0.717, 1.165) is 25.7 Å². The Morgan fingerprint density at radius 3 is 2.67 bits per heavy atom. The number of aliphatic hydroxyl groups excluding tert-OH is 1. The smallest absolute Gasteiger partial charge is 0.165 e. The first kappa shape index (κ1) is 13.1. The largest absolute Gasteiger partial charge is 0.393 e. The molecule has 1 N–H and O–H groups in total. The zero-order valence-electron chi connectivity index (χ0n) is 13.1. The second-order valence-electron chi connectivity index (χ2n) is 9.00. The summed E-state index contributed by atoms with van der Waals surface area (Å²) >= 11 is 0. The molecule has 8 atom stereocenters. The van der Waals surface area contributed by atoms with E-state index < -0.39 is 0 Å². The molecular weight excluding hydrogens is 264 g/mol. The molecule has 4 aliphatic carbocycles. The van der Waals surface area contributed by atoms with Gasteiger partial charge in [0.05, 0.1) is 6.10 Å². The number of ether oxygens (including phenoxy) is 1. The normalized spacial score (nSPS) is 64.5. The van der Waals surface area contributed by atoms with Crippen molar-refractivity contribution in [3.05, 3.63) is 0 Å². The van der Waals surface area contributed by atoms with E-state index in [0.29, 0.717) is 23.5 Å². The zero-order chi connectivity index (χ0) is 14.6. The Labute approximate surface area is 126 Å². The minimum atomic E-state index is -0.109. The molecule has 5 aliphatic rings. The Morgan fingerprint density at radius 2 is 1.90 bits per heavy atom. The molecule has 0 bridgehead atoms. The predicted molar refractivity (Wildman–Crippen MR) is 77.6 cm³/mol. The van der Waals surface area contributed by atoms with E-state index in [9.17, 15) is 9.90 Å². The van der Waals surface area contributed by atoms with E-state index in [1.54, 1.807) is 0 Å². The molecule has 0 aromatic heterocycles. The van der Waals surface area contributed by atoms with Crippen molar-refractivity contribution in [2.45, 2.75) is 76.6 Å². The van der Waals surface area contributed by atoms with Crippen LogP contribution in [0.3, 0.4) is 0 Å². The summed E-state index contributed by atoms with van der Waals surface area (Å²) in [7, 11) is 0. The van der Waals surface area contributed by atoms with Gasteiger partial charge in [0.25, 0.3) is 0 Å². The summed E-state index contributed by atoms with van der Waals surface area (Å²) in [5.41, 5.74) is 0.122. The molecule has 3 nitrogen and oxygen atoms in total. The van der Waals surface area contributed by atoms with Crippen molar-refractivity contribution >= 4 is 5.78 Å². The third kappa shape index (κ3) is 1.25. The molecule has 5 rings (SSSR count). The molecule has 1 spiro atoms. The molecule has 0 amide bonds. The standard InChI is InChI=1S/C18H26O3/c1-16-7-6-12-10(11(16)3-4-14(16)20)5-8-18-15(21-18)13(19)9-17(12,18)2/h10-12,14-15,20H,3-9H2,1-2H3/t10-,11-,12-,14-,15+,16-,17+,18+/m0/s1. The van der Waals surface area contributed by atoms with Gasteiger partial charge in [0.2, 0.25) is 0 Å². The molecule has 0 aromatic carbocycles. The average Bonchev–Trinajstić information content (AvgIpc) is 3.04. The quantitative estimate of drug-likeness (QED) is 0.698. The van der Waals surface area contributed by atoms with Gasteiger partial charge in [0.15, 0.2) is 5.78 Å². The minimum absolute atomic E-state index is 0.0640. The maximum Gasteiger partial charge on any atom is 0.165 e. The molecular formula is C18H26O3. The summed E-state index contributed by atoms with van der Waals surface area (Å²) in [4.78, 5) is 12.2. The van der Waals surface area contributed by atoms with Gasteiger partial charge in [0, 0.05) is 11.8 Å². The Hall–Kier alpha value is -0.410. The fraction of sp³-hybridized carbons (Fsp3) is 0.944. The van der Waals surface area contributed by atoms with E-state index in [4.69, 9.17) is 4.74 Å². The van der Waals surface area contributed by atoms with Crippen molar-refractivity contribution in [1.82, 2.24) is 0 Å². The highest BCUT2D eigenvalue weighted by molar-refractivity contribution is 5.91. The maximum atomic E-state index is 12.2.